The molecule has 0 saturated carbocycles. The summed E-state index contributed by atoms with van der Waals surface area (Å²) in [5.74, 6) is -0.276. The minimum atomic E-state index is -0.674. The van der Waals surface area contributed by atoms with Crippen LogP contribution in [-0.4, -0.2) is 15.0 Å². The molecule has 19 heavy (non-hydrogen) atoms. The summed E-state index contributed by atoms with van der Waals surface area (Å²) >= 11 is 0. The summed E-state index contributed by atoms with van der Waals surface area (Å²) in [6.07, 6.45) is 2.83. The number of halogens is 1. The molecular formula is C13H10FN5. The van der Waals surface area contributed by atoms with Crippen LogP contribution in [0.1, 0.15) is 0 Å². The zero-order chi connectivity index (χ0) is 13.4. The minimum absolute atomic E-state index is 0.00915. The molecule has 0 saturated heterocycles. The van der Waals surface area contributed by atoms with E-state index < -0.39 is 5.95 Å². The maximum Gasteiger partial charge on any atom is 0.236 e. The fourth-order valence-electron chi connectivity index (χ4n) is 1.88. The first-order valence-electron chi connectivity index (χ1n) is 5.57. The molecule has 0 radical (unpaired) electrons. The summed E-state index contributed by atoms with van der Waals surface area (Å²) in [6, 6.07) is 7.04. The second kappa shape index (κ2) is 4.16. The van der Waals surface area contributed by atoms with Gasteiger partial charge in [-0.2, -0.15) is 4.39 Å². The molecule has 6 heteroatoms. The van der Waals surface area contributed by atoms with Gasteiger partial charge < -0.3 is 11.5 Å². The number of rotatable bonds is 1. The molecule has 0 bridgehead atoms. The van der Waals surface area contributed by atoms with Crippen LogP contribution in [0.15, 0.2) is 36.8 Å². The molecule has 0 unspecified atom stereocenters. The van der Waals surface area contributed by atoms with Gasteiger partial charge in [-0.15, -0.1) is 0 Å². The topological polar surface area (TPSA) is 90.7 Å². The Morgan fingerprint density at radius 1 is 0.947 bits per heavy atom. The summed E-state index contributed by atoms with van der Waals surface area (Å²) in [4.78, 5) is 11.7. The van der Waals surface area contributed by atoms with Crippen molar-refractivity contribution in [1.29, 1.82) is 0 Å². The lowest BCUT2D eigenvalue weighted by Crippen LogP contribution is -1.95. The van der Waals surface area contributed by atoms with Crippen molar-refractivity contribution in [3.63, 3.8) is 0 Å². The molecule has 3 aromatic rings. The van der Waals surface area contributed by atoms with Crippen molar-refractivity contribution < 1.29 is 4.39 Å². The van der Waals surface area contributed by atoms with Gasteiger partial charge in [0, 0.05) is 17.1 Å². The van der Waals surface area contributed by atoms with Crippen molar-refractivity contribution in [1.82, 2.24) is 15.0 Å². The summed E-state index contributed by atoms with van der Waals surface area (Å²) in [7, 11) is 0. The lowest BCUT2D eigenvalue weighted by atomic mass is 10.0. The third-order valence-corrected chi connectivity index (χ3v) is 2.87. The maximum atomic E-state index is 13.1. The van der Waals surface area contributed by atoms with Gasteiger partial charge in [-0.05, 0) is 23.8 Å². The molecule has 0 aliphatic heterocycles. The third kappa shape index (κ3) is 1.93. The number of pyridine rings is 1. The van der Waals surface area contributed by atoms with Gasteiger partial charge in [0.05, 0.1) is 11.2 Å². The molecule has 0 aliphatic rings. The van der Waals surface area contributed by atoms with E-state index in [9.17, 15) is 4.39 Å². The molecule has 0 spiro atoms. The molecule has 2 heterocycles. The number of nitrogens with zero attached hydrogens (tertiary/aromatic N) is 3. The number of aromatic nitrogens is 3. The van der Waals surface area contributed by atoms with E-state index >= 15 is 0 Å². The highest BCUT2D eigenvalue weighted by molar-refractivity contribution is 5.91. The SMILES string of the molecule is Nc1cc(-c2ccc3ncnc(N)c3c2)cnc1F. The Morgan fingerprint density at radius 3 is 2.58 bits per heavy atom. The number of nitrogen functional groups attached to an aromatic ring is 2. The van der Waals surface area contributed by atoms with Gasteiger partial charge in [0.1, 0.15) is 12.1 Å². The summed E-state index contributed by atoms with van der Waals surface area (Å²) in [5, 5.41) is 0.739. The van der Waals surface area contributed by atoms with Gasteiger partial charge in [-0.3, -0.25) is 0 Å². The smallest absolute Gasteiger partial charge is 0.236 e. The van der Waals surface area contributed by atoms with E-state index in [0.717, 1.165) is 16.5 Å². The number of hydrogen-bond donors (Lipinski definition) is 2. The van der Waals surface area contributed by atoms with Crippen LogP contribution in [-0.2, 0) is 0 Å². The standard InChI is InChI=1S/C13H10FN5/c14-12-10(15)4-8(5-17-12)7-1-2-11-9(3-7)13(16)19-6-18-11/h1-6H,15H2,(H2,16,18,19). The lowest BCUT2D eigenvalue weighted by Gasteiger charge is -2.05. The Kier molecular flexibility index (Phi) is 2.49. The molecule has 1 aromatic carbocycles. The van der Waals surface area contributed by atoms with E-state index in [2.05, 4.69) is 15.0 Å². The molecule has 4 N–H and O–H groups in total. The van der Waals surface area contributed by atoms with Crippen LogP contribution in [0.5, 0.6) is 0 Å². The molecule has 0 amide bonds. The third-order valence-electron chi connectivity index (χ3n) is 2.87. The van der Waals surface area contributed by atoms with Gasteiger partial charge in [-0.25, -0.2) is 15.0 Å². The van der Waals surface area contributed by atoms with Gasteiger partial charge in [-0.1, -0.05) is 6.07 Å². The monoisotopic (exact) mass is 255 g/mol. The highest BCUT2D eigenvalue weighted by Crippen LogP contribution is 2.26. The minimum Gasteiger partial charge on any atom is -0.395 e. The Morgan fingerprint density at radius 2 is 1.79 bits per heavy atom. The Balaban J connectivity index is 2.20. The number of fused-ring (bicyclic) bond motifs is 1. The molecule has 0 atom stereocenters. The predicted octanol–water partition coefficient (Wildman–Crippen LogP) is 2.00. The Labute approximate surface area is 108 Å². The summed E-state index contributed by atoms with van der Waals surface area (Å²) in [6.45, 7) is 0. The molecule has 0 fully saturated rings. The van der Waals surface area contributed by atoms with Crippen LogP contribution in [0.25, 0.3) is 22.0 Å². The quantitative estimate of drug-likeness (QED) is 0.649. The fraction of sp³-hybridized carbons (Fsp3) is 0. The van der Waals surface area contributed by atoms with Gasteiger partial charge in [0.2, 0.25) is 5.95 Å². The molecule has 3 rings (SSSR count). The van der Waals surface area contributed by atoms with Crippen molar-refractivity contribution in [2.24, 2.45) is 0 Å². The van der Waals surface area contributed by atoms with Crippen molar-refractivity contribution in [2.45, 2.75) is 0 Å². The molecule has 2 aromatic heterocycles. The van der Waals surface area contributed by atoms with Crippen LogP contribution in [0.3, 0.4) is 0 Å². The average Bonchev–Trinajstić information content (AvgIpc) is 2.42. The largest absolute Gasteiger partial charge is 0.395 e. The van der Waals surface area contributed by atoms with Crippen LogP contribution < -0.4 is 11.5 Å². The zero-order valence-electron chi connectivity index (χ0n) is 9.84. The molecule has 5 nitrogen and oxygen atoms in total. The van der Waals surface area contributed by atoms with E-state index in [4.69, 9.17) is 11.5 Å². The summed E-state index contributed by atoms with van der Waals surface area (Å²) < 4.78 is 13.1. The van der Waals surface area contributed by atoms with Crippen LogP contribution in [0, 0.1) is 5.95 Å². The van der Waals surface area contributed by atoms with Crippen LogP contribution in [0.4, 0.5) is 15.9 Å². The highest BCUT2D eigenvalue weighted by atomic mass is 19.1. The van der Waals surface area contributed by atoms with E-state index in [1.165, 1.54) is 18.6 Å². The van der Waals surface area contributed by atoms with E-state index in [1.54, 1.807) is 0 Å². The van der Waals surface area contributed by atoms with Crippen LogP contribution in [0.2, 0.25) is 0 Å². The molecule has 0 aliphatic carbocycles. The first-order chi connectivity index (χ1) is 9.15. The zero-order valence-corrected chi connectivity index (χ0v) is 9.84. The molecular weight excluding hydrogens is 245 g/mol. The number of benzene rings is 1. The second-order valence-corrected chi connectivity index (χ2v) is 4.09. The number of anilines is 2. The fourth-order valence-corrected chi connectivity index (χ4v) is 1.88. The Bertz CT molecular complexity index is 772. The van der Waals surface area contributed by atoms with E-state index in [0.29, 0.717) is 11.4 Å². The summed E-state index contributed by atoms with van der Waals surface area (Å²) in [5.41, 5.74) is 13.6. The normalized spacial score (nSPS) is 10.8. The van der Waals surface area contributed by atoms with Crippen molar-refractivity contribution in [3.8, 4) is 11.1 Å². The molecule has 94 valence electrons. The van der Waals surface area contributed by atoms with Gasteiger partial charge in [0.25, 0.3) is 0 Å². The van der Waals surface area contributed by atoms with E-state index in [1.807, 2.05) is 18.2 Å². The lowest BCUT2D eigenvalue weighted by molar-refractivity contribution is 0.589. The first kappa shape index (κ1) is 11.3. The first-order valence-corrected chi connectivity index (χ1v) is 5.57. The maximum absolute atomic E-state index is 13.1. The number of hydrogen-bond acceptors (Lipinski definition) is 5. The second-order valence-electron chi connectivity index (χ2n) is 4.09. The van der Waals surface area contributed by atoms with Crippen molar-refractivity contribution in [3.05, 3.63) is 42.7 Å². The van der Waals surface area contributed by atoms with E-state index in [-0.39, 0.29) is 5.69 Å². The van der Waals surface area contributed by atoms with Gasteiger partial charge >= 0.3 is 0 Å². The van der Waals surface area contributed by atoms with Crippen molar-refractivity contribution >= 4 is 22.4 Å². The number of nitrogens with two attached hydrogens (primary N) is 2. The highest BCUT2D eigenvalue weighted by Gasteiger charge is 2.06. The van der Waals surface area contributed by atoms with Gasteiger partial charge in [0.15, 0.2) is 0 Å². The average molecular weight is 255 g/mol. The van der Waals surface area contributed by atoms with Crippen LogP contribution >= 0.6 is 0 Å². The van der Waals surface area contributed by atoms with Crippen molar-refractivity contribution in [2.75, 3.05) is 11.5 Å². The Hall–Kier alpha value is -2.76. The predicted molar refractivity (Wildman–Crippen MR) is 71.6 cm³/mol.